The van der Waals surface area contributed by atoms with Crippen LogP contribution in [-0.4, -0.2) is 21.5 Å². The van der Waals surface area contributed by atoms with Crippen molar-refractivity contribution in [3.05, 3.63) is 36.3 Å². The van der Waals surface area contributed by atoms with Crippen molar-refractivity contribution in [2.75, 3.05) is 11.9 Å². The highest BCUT2D eigenvalue weighted by atomic mass is 15.0. The van der Waals surface area contributed by atoms with Gasteiger partial charge in [-0.3, -0.25) is 4.98 Å². The third-order valence-electron chi connectivity index (χ3n) is 2.34. The maximum atomic E-state index is 4.29. The Bertz CT molecular complexity index is 468. The average molecular weight is 214 g/mol. The fourth-order valence-electron chi connectivity index (χ4n) is 1.56. The van der Waals surface area contributed by atoms with Crippen LogP contribution < -0.4 is 5.32 Å². The topological polar surface area (TPSA) is 50.7 Å². The molecular formula is C12H14N4. The normalized spacial score (nSPS) is 10.1. The lowest BCUT2D eigenvalue weighted by molar-refractivity contribution is 1.08. The molecule has 0 aliphatic rings. The molecule has 2 heterocycles. The Balaban J connectivity index is 2.46. The van der Waals surface area contributed by atoms with Gasteiger partial charge >= 0.3 is 0 Å². The summed E-state index contributed by atoms with van der Waals surface area (Å²) in [6.07, 6.45) is 3.33. The van der Waals surface area contributed by atoms with Crippen LogP contribution in [0.3, 0.4) is 0 Å². The second kappa shape index (κ2) is 4.70. The molecule has 0 fully saturated rings. The molecule has 0 saturated heterocycles. The number of aromatic nitrogens is 3. The minimum Gasteiger partial charge on any atom is -0.370 e. The quantitative estimate of drug-likeness (QED) is 0.851. The third kappa shape index (κ3) is 2.00. The fourth-order valence-corrected chi connectivity index (χ4v) is 1.56. The predicted octanol–water partition coefficient (Wildman–Crippen LogP) is 2.28. The van der Waals surface area contributed by atoms with Crippen LogP contribution in [0.1, 0.15) is 12.5 Å². The molecule has 0 bridgehead atoms. The number of rotatable bonds is 3. The van der Waals surface area contributed by atoms with Crippen LogP contribution in [0.4, 0.5) is 5.82 Å². The van der Waals surface area contributed by atoms with Crippen LogP contribution in [-0.2, 0) is 0 Å². The van der Waals surface area contributed by atoms with Gasteiger partial charge in [-0.1, -0.05) is 6.07 Å². The molecule has 0 amide bonds. The lowest BCUT2D eigenvalue weighted by Crippen LogP contribution is -2.04. The minimum atomic E-state index is 0.847. The van der Waals surface area contributed by atoms with E-state index in [-0.39, 0.29) is 0 Å². The van der Waals surface area contributed by atoms with E-state index in [9.17, 15) is 0 Å². The molecule has 0 unspecified atom stereocenters. The highest BCUT2D eigenvalue weighted by Crippen LogP contribution is 2.22. The van der Waals surface area contributed by atoms with Gasteiger partial charge in [-0.2, -0.15) is 0 Å². The maximum absolute atomic E-state index is 4.29. The average Bonchev–Trinajstić information content (AvgIpc) is 2.33. The van der Waals surface area contributed by atoms with Crippen molar-refractivity contribution >= 4 is 5.82 Å². The van der Waals surface area contributed by atoms with Crippen LogP contribution in [0.15, 0.2) is 30.7 Å². The molecule has 0 aliphatic carbocycles. The van der Waals surface area contributed by atoms with Crippen LogP contribution >= 0.6 is 0 Å². The number of anilines is 1. The van der Waals surface area contributed by atoms with Gasteiger partial charge in [-0.25, -0.2) is 9.97 Å². The highest BCUT2D eigenvalue weighted by Gasteiger charge is 2.08. The largest absolute Gasteiger partial charge is 0.370 e. The van der Waals surface area contributed by atoms with E-state index in [1.165, 1.54) is 0 Å². The Morgan fingerprint density at radius 1 is 1.19 bits per heavy atom. The van der Waals surface area contributed by atoms with Crippen LogP contribution in [0.5, 0.6) is 0 Å². The van der Waals surface area contributed by atoms with E-state index in [0.717, 1.165) is 29.3 Å². The summed E-state index contributed by atoms with van der Waals surface area (Å²) in [6.45, 7) is 4.89. The number of hydrogen-bond donors (Lipinski definition) is 1. The number of nitrogens with zero attached hydrogens (tertiary/aromatic N) is 3. The molecule has 16 heavy (non-hydrogen) atoms. The minimum absolute atomic E-state index is 0.847. The van der Waals surface area contributed by atoms with Gasteiger partial charge in [0.15, 0.2) is 0 Å². The monoisotopic (exact) mass is 214 g/mol. The molecule has 2 rings (SSSR count). The summed E-state index contributed by atoms with van der Waals surface area (Å²) in [7, 11) is 0. The van der Waals surface area contributed by atoms with Crippen molar-refractivity contribution in [1.82, 2.24) is 15.0 Å². The first-order chi connectivity index (χ1) is 7.83. The molecule has 0 radical (unpaired) electrons. The zero-order valence-electron chi connectivity index (χ0n) is 9.44. The van der Waals surface area contributed by atoms with Crippen molar-refractivity contribution in [2.24, 2.45) is 0 Å². The van der Waals surface area contributed by atoms with Crippen LogP contribution in [0.2, 0.25) is 0 Å². The first-order valence-corrected chi connectivity index (χ1v) is 5.29. The molecule has 0 spiro atoms. The van der Waals surface area contributed by atoms with Gasteiger partial charge < -0.3 is 5.32 Å². The number of nitrogens with one attached hydrogen (secondary N) is 1. The predicted molar refractivity (Wildman–Crippen MR) is 64.2 cm³/mol. The lowest BCUT2D eigenvalue weighted by Gasteiger charge is -2.09. The van der Waals surface area contributed by atoms with Gasteiger partial charge in [0, 0.05) is 18.3 Å². The zero-order chi connectivity index (χ0) is 11.4. The first-order valence-electron chi connectivity index (χ1n) is 5.29. The summed E-state index contributed by atoms with van der Waals surface area (Å²) < 4.78 is 0. The van der Waals surface area contributed by atoms with Gasteiger partial charge in [-0.05, 0) is 26.0 Å². The summed E-state index contributed by atoms with van der Waals surface area (Å²) in [5, 5.41) is 3.21. The van der Waals surface area contributed by atoms with Crippen LogP contribution in [0, 0.1) is 6.92 Å². The van der Waals surface area contributed by atoms with Crippen molar-refractivity contribution in [3.63, 3.8) is 0 Å². The van der Waals surface area contributed by atoms with Crippen molar-refractivity contribution in [3.8, 4) is 11.4 Å². The standard InChI is InChI=1S/C12H14N4/c1-3-13-12-9(2)11(15-8-16-12)10-6-4-5-7-14-10/h4-8H,3H2,1-2H3,(H,13,15,16). The first kappa shape index (κ1) is 10.5. The summed E-state index contributed by atoms with van der Waals surface area (Å²) >= 11 is 0. The molecule has 1 N–H and O–H groups in total. The number of hydrogen-bond acceptors (Lipinski definition) is 4. The summed E-state index contributed by atoms with van der Waals surface area (Å²) in [6, 6.07) is 5.80. The van der Waals surface area contributed by atoms with E-state index in [1.54, 1.807) is 12.5 Å². The third-order valence-corrected chi connectivity index (χ3v) is 2.34. The Kier molecular flexibility index (Phi) is 3.10. The molecule has 4 nitrogen and oxygen atoms in total. The molecule has 0 atom stereocenters. The van der Waals surface area contributed by atoms with Gasteiger partial charge in [0.25, 0.3) is 0 Å². The van der Waals surface area contributed by atoms with Gasteiger partial charge in [-0.15, -0.1) is 0 Å². The molecule has 4 heteroatoms. The summed E-state index contributed by atoms with van der Waals surface area (Å²) in [5.74, 6) is 0.873. The SMILES string of the molecule is CCNc1ncnc(-c2ccccn2)c1C. The Morgan fingerprint density at radius 2 is 2.06 bits per heavy atom. The molecular weight excluding hydrogens is 200 g/mol. The second-order valence-electron chi connectivity index (χ2n) is 3.44. The Morgan fingerprint density at radius 3 is 2.75 bits per heavy atom. The summed E-state index contributed by atoms with van der Waals surface area (Å²) in [5.41, 5.74) is 2.79. The van der Waals surface area contributed by atoms with Crippen molar-refractivity contribution in [1.29, 1.82) is 0 Å². The van der Waals surface area contributed by atoms with E-state index in [0.29, 0.717) is 0 Å². The van der Waals surface area contributed by atoms with Gasteiger partial charge in [0.1, 0.15) is 12.1 Å². The van der Waals surface area contributed by atoms with E-state index in [2.05, 4.69) is 20.3 Å². The smallest absolute Gasteiger partial charge is 0.132 e. The highest BCUT2D eigenvalue weighted by molar-refractivity contribution is 5.64. The number of pyridine rings is 1. The molecule has 2 aromatic heterocycles. The van der Waals surface area contributed by atoms with Crippen molar-refractivity contribution in [2.45, 2.75) is 13.8 Å². The van der Waals surface area contributed by atoms with Gasteiger partial charge in [0.2, 0.25) is 0 Å². The molecule has 2 aromatic rings. The molecule has 82 valence electrons. The maximum Gasteiger partial charge on any atom is 0.132 e. The second-order valence-corrected chi connectivity index (χ2v) is 3.44. The summed E-state index contributed by atoms with van der Waals surface area (Å²) in [4.78, 5) is 12.8. The molecule has 0 aromatic carbocycles. The zero-order valence-corrected chi connectivity index (χ0v) is 9.44. The van der Waals surface area contributed by atoms with Crippen LogP contribution in [0.25, 0.3) is 11.4 Å². The Hall–Kier alpha value is -1.97. The Labute approximate surface area is 94.8 Å². The molecule has 0 aliphatic heterocycles. The lowest BCUT2D eigenvalue weighted by atomic mass is 10.1. The van der Waals surface area contributed by atoms with E-state index >= 15 is 0 Å². The van der Waals surface area contributed by atoms with E-state index < -0.39 is 0 Å². The van der Waals surface area contributed by atoms with Crippen molar-refractivity contribution < 1.29 is 0 Å². The van der Waals surface area contributed by atoms with E-state index in [1.807, 2.05) is 32.0 Å². The molecule has 0 saturated carbocycles. The van der Waals surface area contributed by atoms with Gasteiger partial charge in [0.05, 0.1) is 11.4 Å². The fraction of sp³-hybridized carbons (Fsp3) is 0.250. The van der Waals surface area contributed by atoms with E-state index in [4.69, 9.17) is 0 Å².